The Hall–Kier alpha value is -5.72. The topological polar surface area (TPSA) is 531 Å². The molecule has 0 bridgehead atoms. The number of halogens is 1. The number of aromatic nitrogens is 12. The van der Waals surface area contributed by atoms with Crippen molar-refractivity contribution < 1.29 is 93.7 Å². The number of aromatic amines is 2. The number of nitrogens with two attached hydrogens (primary N) is 3. The summed E-state index contributed by atoms with van der Waals surface area (Å²) in [7, 11) is -21.9. The van der Waals surface area contributed by atoms with E-state index in [4.69, 9.17) is 65.8 Å². The predicted octanol–water partition coefficient (Wildman–Crippen LogP) is -0.0943. The largest absolute Gasteiger partial charge is 0.492 e. The van der Waals surface area contributed by atoms with Crippen molar-refractivity contribution in [2.24, 2.45) is 0 Å². The molecule has 6 aromatic heterocycles. The number of fused-ring (bicyclic) bond motifs is 3. The summed E-state index contributed by atoms with van der Waals surface area (Å²) in [5, 5.41) is 22.2. The van der Waals surface area contributed by atoms with Crippen LogP contribution in [0.25, 0.3) is 33.5 Å². The number of methoxy groups -OCH3 is 1. The Morgan fingerprint density at radius 2 is 1.34 bits per heavy atom. The molecule has 1 aromatic carbocycles. The van der Waals surface area contributed by atoms with E-state index in [0.717, 1.165) is 30.7 Å². The number of ether oxygens (including phenoxy) is 4. The van der Waals surface area contributed by atoms with Crippen LogP contribution in [0.1, 0.15) is 24.7 Å². The van der Waals surface area contributed by atoms with Crippen molar-refractivity contribution in [3.8, 4) is 5.75 Å². The zero-order chi connectivity index (χ0) is 56.8. The molecule has 0 saturated carbocycles. The standard InChI is InChI=1S/C37H46ClN15O22P4/c1-66-27-26(73-76(58,59)69-11-18-24(54)25(55)34(71-18)53-15-45-22-31(53)48-37(41)49-32(22)56)19(72-35(27)52-14-44-21-28(39)42-13-43-30(21)52)12-70-78(62,63)75-79(64,65)74-77(60,61)68-9-2-3-20-46-29-23(33(57)50-36(40)47-29)51(20)8-10-67-17-6-4-16(38)5-7-17/h4-7,13-15,18-19,24-27,34-35,54-55H,2-3,8-12H2,1H3,(H,58,59)(H,60,61)(H,62,63)(H,64,65)(H2,39,42,43)(H3,40,47,50,57)(H3,41,48,49,56). The van der Waals surface area contributed by atoms with Gasteiger partial charge in [0.2, 0.25) is 11.9 Å². The minimum atomic E-state index is -6.09. The highest BCUT2D eigenvalue weighted by molar-refractivity contribution is 7.66. The molecule has 0 aliphatic carbocycles. The highest BCUT2D eigenvalue weighted by atomic mass is 35.5. The third-order valence-electron chi connectivity index (χ3n) is 11.7. The Bertz CT molecular complexity index is 3700. The molecule has 12 unspecified atom stereocenters. The molecule has 2 saturated heterocycles. The van der Waals surface area contributed by atoms with Crippen molar-refractivity contribution in [2.45, 2.75) is 68.5 Å². The minimum Gasteiger partial charge on any atom is -0.492 e. The lowest BCUT2D eigenvalue weighted by atomic mass is 10.1. The van der Waals surface area contributed by atoms with Crippen molar-refractivity contribution in [1.29, 1.82) is 0 Å². The van der Waals surface area contributed by atoms with Gasteiger partial charge in [-0.25, -0.2) is 43.2 Å². The molecule has 37 nitrogen and oxygen atoms in total. The molecule has 12 atom stereocenters. The first kappa shape index (κ1) is 58.0. The van der Waals surface area contributed by atoms with Crippen LogP contribution in [0, 0.1) is 0 Å². The maximum Gasteiger partial charge on any atom is 0.490 e. The van der Waals surface area contributed by atoms with Crippen molar-refractivity contribution in [3.05, 3.63) is 74.8 Å². The average molecular weight is 1210 g/mol. The molecule has 0 radical (unpaired) electrons. The fraction of sp³-hybridized carbons (Fsp3) is 0.432. The van der Waals surface area contributed by atoms with Gasteiger partial charge in [0.25, 0.3) is 11.1 Å². The van der Waals surface area contributed by atoms with E-state index in [9.17, 15) is 57.6 Å². The van der Waals surface area contributed by atoms with Crippen LogP contribution in [0.3, 0.4) is 0 Å². The highest BCUT2D eigenvalue weighted by Crippen LogP contribution is 2.68. The summed E-state index contributed by atoms with van der Waals surface area (Å²) in [6.07, 6.45) is -10.2. The number of hydrogen-bond donors (Lipinski definition) is 11. The molecule has 2 aliphatic heterocycles. The fourth-order valence-corrected chi connectivity index (χ4v) is 12.9. The van der Waals surface area contributed by atoms with E-state index in [2.05, 4.69) is 53.5 Å². The van der Waals surface area contributed by atoms with Crippen LogP contribution in [-0.2, 0) is 72.2 Å². The monoisotopic (exact) mass is 1210 g/mol. The molecule has 428 valence electrons. The molecule has 79 heavy (non-hydrogen) atoms. The molecular weight excluding hydrogens is 1170 g/mol. The Labute approximate surface area is 444 Å². The maximum absolute atomic E-state index is 13.7. The van der Waals surface area contributed by atoms with Crippen LogP contribution in [0.5, 0.6) is 5.75 Å². The number of nitrogens with one attached hydrogen (secondary N) is 2. The van der Waals surface area contributed by atoms with E-state index in [1.165, 1.54) is 9.13 Å². The van der Waals surface area contributed by atoms with Crippen LogP contribution >= 0.6 is 42.9 Å². The van der Waals surface area contributed by atoms with Crippen LogP contribution in [0.4, 0.5) is 17.7 Å². The molecule has 9 rings (SSSR count). The van der Waals surface area contributed by atoms with Gasteiger partial charge in [-0.15, -0.1) is 0 Å². The number of nitrogen functional groups attached to an aromatic ring is 3. The number of H-pyrrole nitrogens is 2. The number of imidazole rings is 3. The number of phosphoric ester groups is 3. The van der Waals surface area contributed by atoms with Gasteiger partial charge >= 0.3 is 31.3 Å². The van der Waals surface area contributed by atoms with Crippen molar-refractivity contribution in [1.82, 2.24) is 58.6 Å². The van der Waals surface area contributed by atoms with Gasteiger partial charge in [-0.1, -0.05) is 11.6 Å². The number of benzene rings is 1. The molecule has 42 heteroatoms. The van der Waals surface area contributed by atoms with E-state index in [1.807, 2.05) is 0 Å². The Morgan fingerprint density at radius 3 is 2.06 bits per heavy atom. The maximum atomic E-state index is 13.7. The normalized spacial score (nSPS) is 24.7. The number of aryl methyl sites for hydroxylation is 1. The Kier molecular flexibility index (Phi) is 16.9. The van der Waals surface area contributed by atoms with Crippen molar-refractivity contribution in [3.63, 3.8) is 0 Å². The number of phosphoric acid groups is 4. The number of hydrogen-bond acceptors (Lipinski definition) is 28. The first-order valence-electron chi connectivity index (χ1n) is 22.7. The van der Waals surface area contributed by atoms with Gasteiger partial charge in [0.15, 0.2) is 46.2 Å². The van der Waals surface area contributed by atoms with E-state index >= 15 is 0 Å². The summed E-state index contributed by atoms with van der Waals surface area (Å²) < 4.78 is 109. The molecule has 0 spiro atoms. The molecule has 14 N–H and O–H groups in total. The van der Waals surface area contributed by atoms with Crippen LogP contribution < -0.4 is 33.1 Å². The first-order valence-corrected chi connectivity index (χ1v) is 29.0. The number of aliphatic hydroxyl groups excluding tert-OH is 2. The van der Waals surface area contributed by atoms with Gasteiger partial charge < -0.3 is 70.5 Å². The molecule has 2 aliphatic rings. The smallest absolute Gasteiger partial charge is 0.490 e. The third-order valence-corrected chi connectivity index (χ3v) is 17.2. The zero-order valence-electron chi connectivity index (χ0n) is 40.2. The quantitative estimate of drug-likeness (QED) is 0.0278. The van der Waals surface area contributed by atoms with Gasteiger partial charge in [-0.2, -0.15) is 18.6 Å². The van der Waals surface area contributed by atoms with Gasteiger partial charge in [0.05, 0.1) is 39.0 Å². The summed E-state index contributed by atoms with van der Waals surface area (Å²) in [5.74, 6) is 0.0894. The lowest BCUT2D eigenvalue weighted by Crippen LogP contribution is -2.38. The van der Waals surface area contributed by atoms with Crippen LogP contribution in [0.2, 0.25) is 5.02 Å². The molecule has 2 fully saturated rings. The minimum absolute atomic E-state index is 0.0257. The molecule has 7 aromatic rings. The Balaban J connectivity index is 0.837. The number of anilines is 3. The van der Waals surface area contributed by atoms with E-state index < -0.39 is 111 Å². The van der Waals surface area contributed by atoms with Gasteiger partial charge in [-0.05, 0) is 30.7 Å². The summed E-state index contributed by atoms with van der Waals surface area (Å²) in [5.41, 5.74) is 15.7. The predicted molar refractivity (Wildman–Crippen MR) is 265 cm³/mol. The second-order valence-corrected chi connectivity index (χ2v) is 23.4. The molecule has 0 amide bonds. The third kappa shape index (κ3) is 13.1. The summed E-state index contributed by atoms with van der Waals surface area (Å²) in [6.45, 7) is -2.78. The lowest BCUT2D eigenvalue weighted by molar-refractivity contribution is -0.0581. The second-order valence-electron chi connectivity index (χ2n) is 16.9. The van der Waals surface area contributed by atoms with Crippen molar-refractivity contribution in [2.75, 3.05) is 50.7 Å². The van der Waals surface area contributed by atoms with E-state index in [1.54, 1.807) is 24.3 Å². The van der Waals surface area contributed by atoms with E-state index in [-0.39, 0.29) is 83.0 Å². The number of rotatable bonds is 24. The number of aliphatic hydroxyl groups is 2. The highest BCUT2D eigenvalue weighted by Gasteiger charge is 2.53. The van der Waals surface area contributed by atoms with Crippen LogP contribution in [0.15, 0.2) is 52.8 Å². The van der Waals surface area contributed by atoms with Crippen molar-refractivity contribution >= 4 is 94.1 Å². The summed E-state index contributed by atoms with van der Waals surface area (Å²) in [4.78, 5) is 101. The first-order chi connectivity index (χ1) is 37.3. The summed E-state index contributed by atoms with van der Waals surface area (Å²) >= 11 is 5.94. The fourth-order valence-electron chi connectivity index (χ4n) is 8.30. The van der Waals surface area contributed by atoms with Crippen LogP contribution in [-0.4, -0.2) is 159 Å². The average Bonchev–Trinajstić information content (AvgIpc) is 4.22. The van der Waals surface area contributed by atoms with Gasteiger partial charge in [0.1, 0.15) is 66.6 Å². The Morgan fingerprint density at radius 1 is 0.709 bits per heavy atom. The second kappa shape index (κ2) is 23.0. The molecule has 8 heterocycles. The summed E-state index contributed by atoms with van der Waals surface area (Å²) in [6, 6.07) is 6.48. The lowest BCUT2D eigenvalue weighted by Gasteiger charge is -2.26. The van der Waals surface area contributed by atoms with E-state index in [0.29, 0.717) is 10.8 Å². The zero-order valence-corrected chi connectivity index (χ0v) is 44.5. The van der Waals surface area contributed by atoms with Gasteiger partial charge in [-0.3, -0.25) is 46.8 Å². The van der Waals surface area contributed by atoms with Gasteiger partial charge in [0, 0.05) is 18.6 Å². The SMILES string of the molecule is COC1C(OP(=O)(O)OCC2OC(n3cnc4c(=O)[nH]c(N)nc43)C(O)C2O)C(COP(=O)(O)OP(=O)(O)OP(=O)(O)OCCCc2nc3nc(N)[nH]c(=O)c3n2CCOc2ccc(Cl)cc2)OC1n1cnc2c(N)ncnc21. The number of nitrogens with zero attached hydrogens (tertiary/aromatic N) is 10. The molecular formula is C37H46ClN15O22P4.